The van der Waals surface area contributed by atoms with Gasteiger partial charge in [0.15, 0.2) is 11.5 Å². The van der Waals surface area contributed by atoms with Gasteiger partial charge in [-0.1, -0.05) is 12.1 Å². The maximum absolute atomic E-state index is 12.6. The van der Waals surface area contributed by atoms with Gasteiger partial charge in [0.25, 0.3) is 17.5 Å². The van der Waals surface area contributed by atoms with Gasteiger partial charge in [-0.2, -0.15) is 5.10 Å². The molecule has 0 aromatic heterocycles. The summed E-state index contributed by atoms with van der Waals surface area (Å²) in [6, 6.07) is 22.7. The summed E-state index contributed by atoms with van der Waals surface area (Å²) in [5, 5.41) is 17.5. The van der Waals surface area contributed by atoms with Crippen LogP contribution in [0, 0.1) is 10.1 Å². The second kappa shape index (κ2) is 13.3. The Morgan fingerprint density at radius 3 is 2.19 bits per heavy atom. The van der Waals surface area contributed by atoms with Gasteiger partial charge in [0.05, 0.1) is 30.9 Å². The largest absolute Gasteiger partial charge is 0.497 e. The summed E-state index contributed by atoms with van der Waals surface area (Å²) in [6.45, 7) is 0. The Kier molecular flexibility index (Phi) is 9.20. The van der Waals surface area contributed by atoms with E-state index >= 15 is 0 Å². The van der Waals surface area contributed by atoms with Crippen molar-refractivity contribution >= 4 is 35.4 Å². The summed E-state index contributed by atoms with van der Waals surface area (Å²) >= 11 is 0. The average molecular weight is 569 g/mol. The molecule has 0 atom stereocenters. The highest BCUT2D eigenvalue weighted by Gasteiger charge is 2.15. The molecule has 4 aromatic rings. The minimum Gasteiger partial charge on any atom is -0.497 e. The number of carbonyl (C=O) groups is 3. The first-order chi connectivity index (χ1) is 20.3. The third-order valence-electron chi connectivity index (χ3n) is 5.80. The van der Waals surface area contributed by atoms with E-state index < -0.39 is 16.8 Å². The first-order valence-electron chi connectivity index (χ1n) is 12.3. The van der Waals surface area contributed by atoms with Gasteiger partial charge in [0.1, 0.15) is 5.75 Å². The van der Waals surface area contributed by atoms with E-state index in [9.17, 15) is 24.5 Å². The number of methoxy groups -OCH3 is 2. The van der Waals surface area contributed by atoms with E-state index in [1.165, 1.54) is 56.8 Å². The summed E-state index contributed by atoms with van der Waals surface area (Å²) in [5.41, 5.74) is 4.01. The SMILES string of the molecule is COc1cccc(C(=O)Nc2cccc(C(=O)NN=Cc3ccc(OC(=O)c4ccc([N+](=O)[O-])cc4)c(OC)c3)c2)c1. The minimum absolute atomic E-state index is 0.120. The lowest BCUT2D eigenvalue weighted by molar-refractivity contribution is -0.384. The predicted molar refractivity (Wildman–Crippen MR) is 153 cm³/mol. The van der Waals surface area contributed by atoms with Crippen molar-refractivity contribution in [2.24, 2.45) is 5.10 Å². The van der Waals surface area contributed by atoms with E-state index in [1.807, 2.05) is 0 Å². The Balaban J connectivity index is 1.37. The van der Waals surface area contributed by atoms with Gasteiger partial charge < -0.3 is 19.5 Å². The fourth-order valence-corrected chi connectivity index (χ4v) is 3.66. The van der Waals surface area contributed by atoms with Crippen LogP contribution in [-0.4, -0.2) is 43.1 Å². The van der Waals surface area contributed by atoms with Crippen LogP contribution in [0.25, 0.3) is 0 Å². The normalized spacial score (nSPS) is 10.5. The van der Waals surface area contributed by atoms with Gasteiger partial charge in [-0.15, -0.1) is 0 Å². The zero-order valence-corrected chi connectivity index (χ0v) is 22.4. The van der Waals surface area contributed by atoms with Gasteiger partial charge in [-0.25, -0.2) is 10.2 Å². The average Bonchev–Trinajstić information content (AvgIpc) is 3.01. The number of ether oxygens (including phenoxy) is 3. The summed E-state index contributed by atoms with van der Waals surface area (Å²) in [5.74, 6) is -0.706. The van der Waals surface area contributed by atoms with Crippen molar-refractivity contribution < 1.29 is 33.5 Å². The van der Waals surface area contributed by atoms with Crippen molar-refractivity contribution in [3.63, 3.8) is 0 Å². The van der Waals surface area contributed by atoms with Crippen LogP contribution >= 0.6 is 0 Å². The lowest BCUT2D eigenvalue weighted by Crippen LogP contribution is -2.18. The van der Waals surface area contributed by atoms with E-state index in [1.54, 1.807) is 54.6 Å². The molecular formula is C30H24N4O8. The molecule has 4 rings (SSSR count). The second-order valence-corrected chi connectivity index (χ2v) is 8.57. The van der Waals surface area contributed by atoms with Crippen molar-refractivity contribution in [1.29, 1.82) is 0 Å². The third-order valence-corrected chi connectivity index (χ3v) is 5.80. The number of esters is 1. The highest BCUT2D eigenvalue weighted by Crippen LogP contribution is 2.28. The van der Waals surface area contributed by atoms with Gasteiger partial charge in [0.2, 0.25) is 0 Å². The molecule has 0 heterocycles. The monoisotopic (exact) mass is 568 g/mol. The number of hydrazone groups is 1. The molecule has 0 bridgehead atoms. The third kappa shape index (κ3) is 7.33. The van der Waals surface area contributed by atoms with Crippen molar-refractivity contribution in [2.75, 3.05) is 19.5 Å². The fourth-order valence-electron chi connectivity index (χ4n) is 3.66. The maximum atomic E-state index is 12.6. The van der Waals surface area contributed by atoms with Gasteiger partial charge in [-0.05, 0) is 72.3 Å². The molecule has 0 fully saturated rings. The van der Waals surface area contributed by atoms with Gasteiger partial charge in [0, 0.05) is 28.9 Å². The van der Waals surface area contributed by atoms with E-state index in [4.69, 9.17) is 14.2 Å². The van der Waals surface area contributed by atoms with Crippen LogP contribution in [0.3, 0.4) is 0 Å². The first kappa shape index (κ1) is 29.0. The van der Waals surface area contributed by atoms with Crippen molar-refractivity contribution in [1.82, 2.24) is 5.43 Å². The van der Waals surface area contributed by atoms with E-state index in [0.717, 1.165) is 0 Å². The Hall–Kier alpha value is -6.04. The molecule has 0 unspecified atom stereocenters. The molecular weight excluding hydrogens is 544 g/mol. The molecule has 0 radical (unpaired) electrons. The number of carbonyl (C=O) groups excluding carboxylic acids is 3. The summed E-state index contributed by atoms with van der Waals surface area (Å²) in [6.07, 6.45) is 1.37. The number of nitro benzene ring substituents is 1. The first-order valence-corrected chi connectivity index (χ1v) is 12.3. The molecule has 2 N–H and O–H groups in total. The van der Waals surface area contributed by atoms with Gasteiger partial charge in [-0.3, -0.25) is 19.7 Å². The Bertz CT molecular complexity index is 1670. The number of nitrogens with zero attached hydrogens (tertiary/aromatic N) is 2. The number of non-ortho nitro benzene ring substituents is 1. The van der Waals surface area contributed by atoms with Crippen molar-refractivity contribution in [3.05, 3.63) is 123 Å². The van der Waals surface area contributed by atoms with Crippen LogP contribution in [0.4, 0.5) is 11.4 Å². The van der Waals surface area contributed by atoms with E-state index in [-0.39, 0.29) is 34.2 Å². The highest BCUT2D eigenvalue weighted by molar-refractivity contribution is 6.05. The van der Waals surface area contributed by atoms with Crippen molar-refractivity contribution in [3.8, 4) is 17.2 Å². The molecule has 0 aliphatic heterocycles. The fraction of sp³-hybridized carbons (Fsp3) is 0.0667. The zero-order chi connectivity index (χ0) is 30.1. The standard InChI is InChI=1S/C30H24N4O8/c1-40-25-8-4-6-22(17-25)28(35)32-23-7-3-5-21(16-23)29(36)33-31-18-19-9-14-26(27(15-19)41-2)42-30(37)20-10-12-24(13-11-20)34(38)39/h3-18H,1-2H3,(H,32,35)(H,33,36). The Labute approximate surface area is 239 Å². The van der Waals surface area contributed by atoms with Crippen LogP contribution in [0.15, 0.2) is 96.1 Å². The smallest absolute Gasteiger partial charge is 0.343 e. The molecule has 212 valence electrons. The van der Waals surface area contributed by atoms with Crippen molar-refractivity contribution in [2.45, 2.75) is 0 Å². The number of hydrogen-bond acceptors (Lipinski definition) is 9. The quantitative estimate of drug-likeness (QED) is 0.0903. The summed E-state index contributed by atoms with van der Waals surface area (Å²) in [7, 11) is 2.90. The maximum Gasteiger partial charge on any atom is 0.343 e. The number of nitro groups is 1. The highest BCUT2D eigenvalue weighted by atomic mass is 16.6. The van der Waals surface area contributed by atoms with Crippen LogP contribution in [0.5, 0.6) is 17.2 Å². The number of rotatable bonds is 10. The molecule has 12 nitrogen and oxygen atoms in total. The molecule has 42 heavy (non-hydrogen) atoms. The molecule has 0 spiro atoms. The molecule has 12 heteroatoms. The predicted octanol–water partition coefficient (Wildman–Crippen LogP) is 4.85. The Morgan fingerprint density at radius 1 is 0.786 bits per heavy atom. The molecule has 0 saturated heterocycles. The zero-order valence-electron chi connectivity index (χ0n) is 22.4. The molecule has 2 amide bonds. The van der Waals surface area contributed by atoms with E-state index in [2.05, 4.69) is 15.8 Å². The molecule has 0 saturated carbocycles. The molecule has 4 aromatic carbocycles. The lowest BCUT2D eigenvalue weighted by Gasteiger charge is -2.10. The number of benzene rings is 4. The topological polar surface area (TPSA) is 158 Å². The van der Waals surface area contributed by atoms with Crippen LogP contribution in [0.1, 0.15) is 36.6 Å². The van der Waals surface area contributed by atoms with E-state index in [0.29, 0.717) is 22.6 Å². The van der Waals surface area contributed by atoms with Crippen LogP contribution in [-0.2, 0) is 0 Å². The lowest BCUT2D eigenvalue weighted by atomic mass is 10.1. The molecule has 0 aliphatic carbocycles. The number of hydrogen-bond donors (Lipinski definition) is 2. The summed E-state index contributed by atoms with van der Waals surface area (Å²) in [4.78, 5) is 47.9. The number of anilines is 1. The molecule has 0 aliphatic rings. The van der Waals surface area contributed by atoms with Crippen LogP contribution < -0.4 is 25.0 Å². The Morgan fingerprint density at radius 2 is 1.50 bits per heavy atom. The summed E-state index contributed by atoms with van der Waals surface area (Å²) < 4.78 is 15.8. The number of amides is 2. The van der Waals surface area contributed by atoms with Crippen LogP contribution in [0.2, 0.25) is 0 Å². The number of nitrogens with one attached hydrogen (secondary N) is 2. The minimum atomic E-state index is -0.723. The second-order valence-electron chi connectivity index (χ2n) is 8.57. The van der Waals surface area contributed by atoms with Gasteiger partial charge >= 0.3 is 5.97 Å².